The average Bonchev–Trinajstić information content (AvgIpc) is 2.64. The van der Waals surface area contributed by atoms with E-state index in [9.17, 15) is 4.79 Å². The normalized spacial score (nSPS) is 10.6. The van der Waals surface area contributed by atoms with E-state index in [0.29, 0.717) is 11.3 Å². The van der Waals surface area contributed by atoms with Crippen LogP contribution in [-0.4, -0.2) is 17.9 Å². The number of aromatic amines is 1. The lowest BCUT2D eigenvalue weighted by atomic mass is 10.1. The van der Waals surface area contributed by atoms with Crippen molar-refractivity contribution in [1.82, 2.24) is 4.98 Å². The van der Waals surface area contributed by atoms with E-state index < -0.39 is 0 Å². The van der Waals surface area contributed by atoms with Crippen molar-refractivity contribution < 1.29 is 9.53 Å². The fraction of sp³-hybridized carbons (Fsp3) is 0.182. The predicted octanol–water partition coefficient (Wildman–Crippen LogP) is 3.14. The van der Waals surface area contributed by atoms with Crippen LogP contribution in [0, 0.1) is 0 Å². The molecule has 0 atom stereocenters. The van der Waals surface area contributed by atoms with Crippen molar-refractivity contribution in [2.24, 2.45) is 0 Å². The molecule has 2 rings (SSSR count). The zero-order chi connectivity index (χ0) is 11.0. The molecule has 2 aromatic rings. The number of fused-ring (bicyclic) bond motifs is 1. The summed E-state index contributed by atoms with van der Waals surface area (Å²) in [6.07, 6.45) is 1.71. The highest BCUT2D eigenvalue weighted by Gasteiger charge is 2.14. The Labute approximate surface area is 95.6 Å². The molecule has 0 saturated carbocycles. The number of nitrogens with one attached hydrogen (secondary N) is 1. The first-order valence-electron chi connectivity index (χ1n) is 4.49. The number of ketones is 1. The number of methoxy groups -OCH3 is 1. The molecule has 0 aliphatic rings. The molecule has 0 spiro atoms. The Morgan fingerprint density at radius 3 is 2.80 bits per heavy atom. The van der Waals surface area contributed by atoms with Gasteiger partial charge < -0.3 is 9.72 Å². The Balaban J connectivity index is 2.86. The number of hydrogen-bond donors (Lipinski definition) is 1. The van der Waals surface area contributed by atoms with E-state index in [1.165, 1.54) is 0 Å². The van der Waals surface area contributed by atoms with E-state index in [1.54, 1.807) is 20.2 Å². The van der Waals surface area contributed by atoms with Crippen molar-refractivity contribution >= 4 is 32.6 Å². The molecule has 0 amide bonds. The van der Waals surface area contributed by atoms with Gasteiger partial charge in [-0.2, -0.15) is 0 Å². The summed E-state index contributed by atoms with van der Waals surface area (Å²) in [5.74, 6) is 0.734. The third-order valence-electron chi connectivity index (χ3n) is 2.35. The molecular weight excluding hydrogens is 258 g/mol. The van der Waals surface area contributed by atoms with Crippen molar-refractivity contribution in [3.63, 3.8) is 0 Å². The number of rotatable bonds is 2. The predicted molar refractivity (Wildman–Crippen MR) is 62.6 cm³/mol. The summed E-state index contributed by atoms with van der Waals surface area (Å²) in [7, 11) is 1.60. The quantitative estimate of drug-likeness (QED) is 0.850. The molecule has 0 fully saturated rings. The number of benzene rings is 1. The molecule has 0 radical (unpaired) electrons. The number of carbonyl (C=O) groups excluding carboxylic acids is 1. The third-order valence-corrected chi connectivity index (χ3v) is 3.01. The highest BCUT2D eigenvalue weighted by Crippen LogP contribution is 2.33. The van der Waals surface area contributed by atoms with Crippen molar-refractivity contribution in [2.75, 3.05) is 7.11 Å². The summed E-state index contributed by atoms with van der Waals surface area (Å²) in [6, 6.07) is 3.73. The van der Waals surface area contributed by atoms with E-state index in [0.717, 1.165) is 15.4 Å². The zero-order valence-corrected chi connectivity index (χ0v) is 10.0. The Hall–Kier alpha value is -1.29. The van der Waals surface area contributed by atoms with Gasteiger partial charge in [0.2, 0.25) is 0 Å². The largest absolute Gasteiger partial charge is 0.496 e. The minimum absolute atomic E-state index is 0.0256. The van der Waals surface area contributed by atoms with Crippen LogP contribution in [0.25, 0.3) is 10.9 Å². The molecule has 1 aromatic carbocycles. The number of ether oxygens (including phenoxy) is 1. The minimum Gasteiger partial charge on any atom is -0.496 e. The SMILES string of the molecule is COc1ccc(Br)c2[nH]cc(C(C)=O)c12. The van der Waals surface area contributed by atoms with Crippen LogP contribution in [0.5, 0.6) is 5.75 Å². The molecule has 0 saturated heterocycles. The fourth-order valence-electron chi connectivity index (χ4n) is 1.63. The summed E-state index contributed by atoms with van der Waals surface area (Å²) >= 11 is 3.42. The molecule has 0 bridgehead atoms. The van der Waals surface area contributed by atoms with Crippen LogP contribution >= 0.6 is 15.9 Å². The molecule has 15 heavy (non-hydrogen) atoms. The molecule has 0 unspecified atom stereocenters. The number of hydrogen-bond acceptors (Lipinski definition) is 2. The van der Waals surface area contributed by atoms with Crippen LogP contribution in [0.3, 0.4) is 0 Å². The lowest BCUT2D eigenvalue weighted by Gasteiger charge is -2.04. The number of H-pyrrole nitrogens is 1. The lowest BCUT2D eigenvalue weighted by molar-refractivity contribution is 0.101. The van der Waals surface area contributed by atoms with Gasteiger partial charge in [-0.1, -0.05) is 0 Å². The van der Waals surface area contributed by atoms with Crippen molar-refractivity contribution in [1.29, 1.82) is 0 Å². The van der Waals surface area contributed by atoms with Gasteiger partial charge in [0.1, 0.15) is 5.75 Å². The third kappa shape index (κ3) is 1.55. The van der Waals surface area contributed by atoms with E-state index in [2.05, 4.69) is 20.9 Å². The van der Waals surface area contributed by atoms with Crippen molar-refractivity contribution in [3.05, 3.63) is 28.4 Å². The summed E-state index contributed by atoms with van der Waals surface area (Å²) in [6.45, 7) is 1.54. The average molecular weight is 268 g/mol. The highest BCUT2D eigenvalue weighted by atomic mass is 79.9. The van der Waals surface area contributed by atoms with Gasteiger partial charge >= 0.3 is 0 Å². The first-order valence-corrected chi connectivity index (χ1v) is 5.29. The lowest BCUT2D eigenvalue weighted by Crippen LogP contribution is -1.92. The maximum absolute atomic E-state index is 11.4. The van der Waals surface area contributed by atoms with Crippen LogP contribution in [0.1, 0.15) is 17.3 Å². The van der Waals surface area contributed by atoms with Gasteiger partial charge in [0.25, 0.3) is 0 Å². The molecule has 1 N–H and O–H groups in total. The number of Topliss-reactive ketones (excluding diaryl/α,β-unsaturated/α-hetero) is 1. The van der Waals surface area contributed by atoms with Crippen molar-refractivity contribution in [3.8, 4) is 5.75 Å². The van der Waals surface area contributed by atoms with Crippen LogP contribution in [-0.2, 0) is 0 Å². The second kappa shape index (κ2) is 3.70. The molecule has 78 valence electrons. The van der Waals surface area contributed by atoms with Crippen LogP contribution in [0.2, 0.25) is 0 Å². The summed E-state index contributed by atoms with van der Waals surface area (Å²) in [5, 5.41) is 0.833. The van der Waals surface area contributed by atoms with E-state index >= 15 is 0 Å². The van der Waals surface area contributed by atoms with Crippen LogP contribution in [0.4, 0.5) is 0 Å². The number of carbonyl (C=O) groups is 1. The Kier molecular flexibility index (Phi) is 2.52. The second-order valence-electron chi connectivity index (χ2n) is 3.26. The smallest absolute Gasteiger partial charge is 0.162 e. The van der Waals surface area contributed by atoms with Crippen LogP contribution < -0.4 is 4.74 Å². The molecule has 0 aliphatic heterocycles. The fourth-order valence-corrected chi connectivity index (χ4v) is 2.08. The first kappa shape index (κ1) is 10.2. The first-order chi connectivity index (χ1) is 7.15. The molecule has 1 aromatic heterocycles. The molecule has 1 heterocycles. The summed E-state index contributed by atoms with van der Waals surface area (Å²) < 4.78 is 6.16. The molecular formula is C11H10BrNO2. The Bertz CT molecular complexity index is 531. The van der Waals surface area contributed by atoms with Crippen LogP contribution in [0.15, 0.2) is 22.8 Å². The highest BCUT2D eigenvalue weighted by molar-refractivity contribution is 9.10. The van der Waals surface area contributed by atoms with E-state index in [-0.39, 0.29) is 5.78 Å². The molecule has 0 aliphatic carbocycles. The number of aromatic nitrogens is 1. The standard InChI is InChI=1S/C11H10BrNO2/c1-6(14)7-5-13-11-8(12)3-4-9(15-2)10(7)11/h3-5,13H,1-2H3. The second-order valence-corrected chi connectivity index (χ2v) is 4.11. The monoisotopic (exact) mass is 267 g/mol. The maximum Gasteiger partial charge on any atom is 0.162 e. The van der Waals surface area contributed by atoms with Gasteiger partial charge in [0.05, 0.1) is 18.0 Å². The van der Waals surface area contributed by atoms with Gasteiger partial charge in [-0.3, -0.25) is 4.79 Å². The van der Waals surface area contributed by atoms with E-state index in [4.69, 9.17) is 4.74 Å². The van der Waals surface area contributed by atoms with E-state index in [1.807, 2.05) is 12.1 Å². The molecule has 4 heteroatoms. The van der Waals surface area contributed by atoms with Gasteiger partial charge in [-0.25, -0.2) is 0 Å². The Morgan fingerprint density at radius 1 is 1.47 bits per heavy atom. The van der Waals surface area contributed by atoms with Gasteiger partial charge in [-0.15, -0.1) is 0 Å². The maximum atomic E-state index is 11.4. The minimum atomic E-state index is 0.0256. The van der Waals surface area contributed by atoms with Gasteiger partial charge in [0, 0.05) is 16.2 Å². The summed E-state index contributed by atoms with van der Waals surface area (Å²) in [5.41, 5.74) is 1.54. The molecule has 3 nitrogen and oxygen atoms in total. The topological polar surface area (TPSA) is 42.1 Å². The summed E-state index contributed by atoms with van der Waals surface area (Å²) in [4.78, 5) is 14.5. The van der Waals surface area contributed by atoms with Crippen molar-refractivity contribution in [2.45, 2.75) is 6.92 Å². The van der Waals surface area contributed by atoms with Gasteiger partial charge in [0.15, 0.2) is 5.78 Å². The zero-order valence-electron chi connectivity index (χ0n) is 8.43. The van der Waals surface area contributed by atoms with Gasteiger partial charge in [-0.05, 0) is 35.0 Å². The Morgan fingerprint density at radius 2 is 2.20 bits per heavy atom. The number of halogens is 1.